The molecule has 0 bridgehead atoms. The second kappa shape index (κ2) is 8.77. The monoisotopic (exact) mass is 372 g/mol. The highest BCUT2D eigenvalue weighted by molar-refractivity contribution is 5.79. The van der Waals surface area contributed by atoms with Crippen LogP contribution in [0.1, 0.15) is 38.5 Å². The van der Waals surface area contributed by atoms with E-state index in [2.05, 4.69) is 21.7 Å². The Kier molecular flexibility index (Phi) is 6.19. The molecule has 2 heterocycles. The largest absolute Gasteiger partial charge is 0.367 e. The van der Waals surface area contributed by atoms with Gasteiger partial charge in [0.05, 0.1) is 17.5 Å². The van der Waals surface area contributed by atoms with Crippen molar-refractivity contribution in [2.45, 2.75) is 56.7 Å². The van der Waals surface area contributed by atoms with Gasteiger partial charge in [0, 0.05) is 24.7 Å². The Morgan fingerprint density at radius 2 is 2.04 bits per heavy atom. The molecule has 0 radical (unpaired) electrons. The first-order valence-corrected chi connectivity index (χ1v) is 9.36. The molecule has 27 heavy (non-hydrogen) atoms. The summed E-state index contributed by atoms with van der Waals surface area (Å²) in [5, 5.41) is 26.4. The molecule has 1 saturated heterocycles. The van der Waals surface area contributed by atoms with E-state index in [-0.39, 0.29) is 30.2 Å². The Labute approximate surface area is 157 Å². The normalized spacial score (nSPS) is 25.0. The molecule has 0 spiro atoms. The fraction of sp³-hybridized carbons (Fsp3) is 0.611. The molecule has 2 N–H and O–H groups in total. The van der Waals surface area contributed by atoms with Crippen molar-refractivity contribution in [3.63, 3.8) is 0 Å². The third-order valence-electron chi connectivity index (χ3n) is 5.30. The average molecular weight is 372 g/mol. The molecule has 9 heteroatoms. The highest BCUT2D eigenvalue weighted by Gasteiger charge is 2.29. The fourth-order valence-electron chi connectivity index (χ4n) is 3.76. The highest BCUT2D eigenvalue weighted by atomic mass is 16.6. The summed E-state index contributed by atoms with van der Waals surface area (Å²) in [5.74, 6) is 0.651. The van der Waals surface area contributed by atoms with Gasteiger partial charge < -0.3 is 15.5 Å². The minimum Gasteiger partial charge on any atom is -0.367 e. The van der Waals surface area contributed by atoms with Crippen LogP contribution in [-0.4, -0.2) is 51.9 Å². The maximum atomic E-state index is 12.3. The van der Waals surface area contributed by atoms with Crippen molar-refractivity contribution in [2.75, 3.05) is 18.4 Å². The lowest BCUT2D eigenvalue weighted by Gasteiger charge is -2.30. The summed E-state index contributed by atoms with van der Waals surface area (Å²) in [5.41, 5.74) is -0.0187. The van der Waals surface area contributed by atoms with E-state index in [4.69, 9.17) is 5.26 Å². The van der Waals surface area contributed by atoms with Gasteiger partial charge in [-0.05, 0) is 44.6 Å². The third-order valence-corrected chi connectivity index (χ3v) is 5.30. The number of nitrogens with one attached hydrogen (secondary N) is 2. The summed E-state index contributed by atoms with van der Waals surface area (Å²) in [6.45, 7) is 0.961. The van der Waals surface area contributed by atoms with E-state index < -0.39 is 4.92 Å². The summed E-state index contributed by atoms with van der Waals surface area (Å²) in [4.78, 5) is 28.2. The molecule has 9 nitrogen and oxygen atoms in total. The van der Waals surface area contributed by atoms with Crippen LogP contribution in [0.25, 0.3) is 0 Å². The summed E-state index contributed by atoms with van der Waals surface area (Å²) < 4.78 is 0. The van der Waals surface area contributed by atoms with Crippen LogP contribution in [-0.2, 0) is 4.79 Å². The van der Waals surface area contributed by atoms with Crippen molar-refractivity contribution in [1.29, 1.82) is 5.26 Å². The van der Waals surface area contributed by atoms with Crippen LogP contribution >= 0.6 is 0 Å². The molecule has 1 atom stereocenters. The van der Waals surface area contributed by atoms with Crippen LogP contribution in [0.2, 0.25) is 0 Å². The van der Waals surface area contributed by atoms with Crippen molar-refractivity contribution < 1.29 is 9.72 Å². The molecule has 1 aliphatic heterocycles. The first-order chi connectivity index (χ1) is 13.1. The van der Waals surface area contributed by atoms with Crippen LogP contribution in [0.3, 0.4) is 0 Å². The van der Waals surface area contributed by atoms with Crippen LogP contribution in [0.4, 0.5) is 11.5 Å². The van der Waals surface area contributed by atoms with E-state index in [1.165, 1.54) is 12.3 Å². The number of anilines is 1. The summed E-state index contributed by atoms with van der Waals surface area (Å²) >= 11 is 0. The van der Waals surface area contributed by atoms with Gasteiger partial charge in [-0.15, -0.1) is 0 Å². The van der Waals surface area contributed by atoms with Crippen LogP contribution in [0.15, 0.2) is 18.3 Å². The molecule has 0 unspecified atom stereocenters. The summed E-state index contributed by atoms with van der Waals surface area (Å²) in [6.07, 6.45) is 6.70. The molecule has 1 amide bonds. The quantitative estimate of drug-likeness (QED) is 0.576. The number of nitriles is 1. The Morgan fingerprint density at radius 1 is 1.30 bits per heavy atom. The number of pyridine rings is 1. The van der Waals surface area contributed by atoms with Crippen molar-refractivity contribution in [1.82, 2.24) is 15.2 Å². The first kappa shape index (κ1) is 19.0. The molecule has 1 aromatic rings. The van der Waals surface area contributed by atoms with Gasteiger partial charge in [-0.3, -0.25) is 14.9 Å². The van der Waals surface area contributed by atoms with Gasteiger partial charge in [-0.1, -0.05) is 0 Å². The van der Waals surface area contributed by atoms with Crippen LogP contribution < -0.4 is 10.6 Å². The molecule has 1 aromatic heterocycles. The number of carbonyl (C=O) groups excluding carboxylic acids is 1. The zero-order valence-corrected chi connectivity index (χ0v) is 15.1. The van der Waals surface area contributed by atoms with E-state index in [0.29, 0.717) is 18.4 Å². The zero-order chi connectivity index (χ0) is 19.2. The number of aromatic nitrogens is 1. The number of hydrogen-bond donors (Lipinski definition) is 2. The van der Waals surface area contributed by atoms with Gasteiger partial charge in [-0.25, -0.2) is 4.98 Å². The number of carbonyl (C=O) groups is 1. The Bertz CT molecular complexity index is 709. The lowest BCUT2D eigenvalue weighted by molar-refractivity contribution is -0.385. The second-order valence-corrected chi connectivity index (χ2v) is 7.11. The van der Waals surface area contributed by atoms with Crippen molar-refractivity contribution in [3.8, 4) is 6.07 Å². The van der Waals surface area contributed by atoms with E-state index in [1.54, 1.807) is 11.0 Å². The third kappa shape index (κ3) is 4.92. The maximum Gasteiger partial charge on any atom is 0.287 e. The Morgan fingerprint density at radius 3 is 2.67 bits per heavy atom. The predicted molar refractivity (Wildman–Crippen MR) is 98.9 cm³/mol. The molecule has 144 valence electrons. The maximum absolute atomic E-state index is 12.3. The lowest BCUT2D eigenvalue weighted by Crippen LogP contribution is -2.45. The Balaban J connectivity index is 1.39. The van der Waals surface area contributed by atoms with Gasteiger partial charge in [0.2, 0.25) is 5.91 Å². The number of amides is 1. The average Bonchev–Trinajstić information content (AvgIpc) is 3.16. The number of hydrogen-bond acceptors (Lipinski definition) is 7. The van der Waals surface area contributed by atoms with Gasteiger partial charge in [-0.2, -0.15) is 5.26 Å². The molecule has 0 aromatic carbocycles. The van der Waals surface area contributed by atoms with E-state index in [9.17, 15) is 14.9 Å². The minimum absolute atomic E-state index is 0.00868. The minimum atomic E-state index is -0.462. The molecule has 2 fully saturated rings. The summed E-state index contributed by atoms with van der Waals surface area (Å²) in [6, 6.07) is 5.56. The SMILES string of the molecule is N#C[C@@H]1CCCN1C(=O)CN[C@H]1CC[C@H](Nc2ccc([N+](=O)[O-])cn2)CC1. The lowest BCUT2D eigenvalue weighted by atomic mass is 9.91. The molecular weight excluding hydrogens is 348 g/mol. The van der Waals surface area contributed by atoms with E-state index in [1.807, 2.05) is 0 Å². The molecule has 1 saturated carbocycles. The number of likely N-dealkylation sites (tertiary alicyclic amines) is 1. The molecular formula is C18H24N6O3. The molecule has 2 aliphatic rings. The molecule has 1 aliphatic carbocycles. The predicted octanol–water partition coefficient (Wildman–Crippen LogP) is 1.82. The van der Waals surface area contributed by atoms with Crippen LogP contribution in [0.5, 0.6) is 0 Å². The van der Waals surface area contributed by atoms with Crippen molar-refractivity contribution in [2.24, 2.45) is 0 Å². The fourth-order valence-corrected chi connectivity index (χ4v) is 3.76. The Hall–Kier alpha value is -2.73. The summed E-state index contributed by atoms with van der Waals surface area (Å²) in [7, 11) is 0. The van der Waals surface area contributed by atoms with Crippen molar-refractivity contribution >= 4 is 17.4 Å². The van der Waals surface area contributed by atoms with E-state index >= 15 is 0 Å². The van der Waals surface area contributed by atoms with Crippen molar-refractivity contribution in [3.05, 3.63) is 28.4 Å². The van der Waals surface area contributed by atoms with Gasteiger partial charge in [0.25, 0.3) is 5.69 Å². The first-order valence-electron chi connectivity index (χ1n) is 9.36. The van der Waals surface area contributed by atoms with E-state index in [0.717, 1.165) is 38.5 Å². The van der Waals surface area contributed by atoms with Gasteiger partial charge in [0.1, 0.15) is 18.1 Å². The topological polar surface area (TPSA) is 124 Å². The standard InChI is InChI=1S/C18H24N6O3/c19-10-15-2-1-9-23(15)18(25)12-20-13-3-5-14(6-4-13)22-17-8-7-16(11-21-17)24(26)27/h7-8,11,13-15,20H,1-6,9,12H2,(H,21,22)/t13-,14-,15-/m0/s1. The number of rotatable bonds is 6. The smallest absolute Gasteiger partial charge is 0.287 e. The second-order valence-electron chi connectivity index (χ2n) is 7.11. The number of nitrogens with zero attached hydrogens (tertiary/aromatic N) is 4. The number of nitro groups is 1. The highest BCUT2D eigenvalue weighted by Crippen LogP contribution is 2.23. The van der Waals surface area contributed by atoms with Gasteiger partial charge in [0.15, 0.2) is 0 Å². The zero-order valence-electron chi connectivity index (χ0n) is 15.1. The van der Waals surface area contributed by atoms with Gasteiger partial charge >= 0.3 is 0 Å². The van der Waals surface area contributed by atoms with Crippen LogP contribution in [0, 0.1) is 21.4 Å². The molecule has 3 rings (SSSR count).